The number of anilines is 1. The maximum absolute atomic E-state index is 12.4. The van der Waals surface area contributed by atoms with Gasteiger partial charge in [-0.3, -0.25) is 4.72 Å². The minimum absolute atomic E-state index is 0.354. The van der Waals surface area contributed by atoms with Gasteiger partial charge in [0, 0.05) is 10.6 Å². The normalized spacial score (nSPS) is 11.6. The lowest BCUT2D eigenvalue weighted by Gasteiger charge is -2.08. The molecule has 4 nitrogen and oxygen atoms in total. The van der Waals surface area contributed by atoms with Crippen LogP contribution >= 0.6 is 11.3 Å². The van der Waals surface area contributed by atoms with Gasteiger partial charge in [-0.1, -0.05) is 6.07 Å². The van der Waals surface area contributed by atoms with Gasteiger partial charge in [0.1, 0.15) is 4.21 Å². The minimum Gasteiger partial charge on any atom is -0.319 e. The summed E-state index contributed by atoms with van der Waals surface area (Å²) >= 11 is 1.32. The molecule has 114 valence electrons. The van der Waals surface area contributed by atoms with Crippen molar-refractivity contribution >= 4 is 27.0 Å². The Morgan fingerprint density at radius 3 is 2.38 bits per heavy atom. The Balaban J connectivity index is 2.19. The molecule has 0 saturated heterocycles. The fourth-order valence-corrected chi connectivity index (χ4v) is 4.52. The summed E-state index contributed by atoms with van der Waals surface area (Å²) in [5.41, 5.74) is 2.68. The topological polar surface area (TPSA) is 58.2 Å². The summed E-state index contributed by atoms with van der Waals surface area (Å²) in [4.78, 5) is 1.06. The fourth-order valence-electron chi connectivity index (χ4n) is 2.12. The SMILES string of the molecule is CNCCc1ccc(S(=O)(=O)Nc2cc(C)cc(C)c2)s1. The molecule has 1 aromatic heterocycles. The number of sulfonamides is 1. The molecule has 6 heteroatoms. The molecule has 0 saturated carbocycles. The van der Waals surface area contributed by atoms with E-state index in [0.717, 1.165) is 29.0 Å². The first-order chi connectivity index (χ1) is 9.90. The maximum Gasteiger partial charge on any atom is 0.271 e. The second-order valence-electron chi connectivity index (χ2n) is 5.06. The van der Waals surface area contributed by atoms with E-state index >= 15 is 0 Å². The van der Waals surface area contributed by atoms with Gasteiger partial charge in [0.05, 0.1) is 0 Å². The Bertz CT molecular complexity index is 701. The summed E-state index contributed by atoms with van der Waals surface area (Å²) in [6, 6.07) is 9.22. The quantitative estimate of drug-likeness (QED) is 0.859. The molecule has 2 rings (SSSR count). The molecule has 1 heterocycles. The molecule has 0 spiro atoms. The Kier molecular flexibility index (Phi) is 5.03. The third-order valence-electron chi connectivity index (χ3n) is 3.00. The van der Waals surface area contributed by atoms with Crippen LogP contribution in [0.2, 0.25) is 0 Å². The van der Waals surface area contributed by atoms with Gasteiger partial charge >= 0.3 is 0 Å². The molecule has 0 atom stereocenters. The van der Waals surface area contributed by atoms with Crippen molar-refractivity contribution < 1.29 is 8.42 Å². The van der Waals surface area contributed by atoms with Crippen molar-refractivity contribution in [3.63, 3.8) is 0 Å². The third-order valence-corrected chi connectivity index (χ3v) is 6.02. The lowest BCUT2D eigenvalue weighted by atomic mass is 10.1. The molecule has 2 aromatic rings. The van der Waals surface area contributed by atoms with Crippen molar-refractivity contribution in [2.75, 3.05) is 18.3 Å². The van der Waals surface area contributed by atoms with E-state index < -0.39 is 10.0 Å². The van der Waals surface area contributed by atoms with Crippen molar-refractivity contribution in [2.24, 2.45) is 0 Å². The number of nitrogens with one attached hydrogen (secondary N) is 2. The highest BCUT2D eigenvalue weighted by molar-refractivity contribution is 7.94. The number of thiophene rings is 1. The van der Waals surface area contributed by atoms with E-state index in [4.69, 9.17) is 0 Å². The van der Waals surface area contributed by atoms with Crippen molar-refractivity contribution in [2.45, 2.75) is 24.5 Å². The van der Waals surface area contributed by atoms with Crippen LogP contribution in [0.1, 0.15) is 16.0 Å². The highest BCUT2D eigenvalue weighted by atomic mass is 32.2. The molecule has 2 N–H and O–H groups in total. The van der Waals surface area contributed by atoms with Crippen LogP contribution in [-0.4, -0.2) is 22.0 Å². The van der Waals surface area contributed by atoms with Gasteiger partial charge in [-0.2, -0.15) is 0 Å². The van der Waals surface area contributed by atoms with Crippen LogP contribution in [0.15, 0.2) is 34.5 Å². The minimum atomic E-state index is -3.50. The Morgan fingerprint density at radius 2 is 1.76 bits per heavy atom. The molecule has 0 bridgehead atoms. The zero-order valence-electron chi connectivity index (χ0n) is 12.4. The van der Waals surface area contributed by atoms with Crippen LogP contribution in [0.25, 0.3) is 0 Å². The molecule has 0 radical (unpaired) electrons. The zero-order chi connectivity index (χ0) is 15.5. The molecule has 0 aliphatic carbocycles. The Hall–Kier alpha value is -1.37. The van der Waals surface area contributed by atoms with Crippen molar-refractivity contribution in [3.8, 4) is 0 Å². The predicted octanol–water partition coefficient (Wildman–Crippen LogP) is 2.93. The first-order valence-electron chi connectivity index (χ1n) is 6.75. The molecule has 21 heavy (non-hydrogen) atoms. The van der Waals surface area contributed by atoms with Crippen molar-refractivity contribution in [1.29, 1.82) is 0 Å². The van der Waals surface area contributed by atoms with Gasteiger partial charge < -0.3 is 5.32 Å². The summed E-state index contributed by atoms with van der Waals surface area (Å²) in [5.74, 6) is 0. The van der Waals surface area contributed by atoms with Gasteiger partial charge in [-0.25, -0.2) is 8.42 Å². The van der Waals surface area contributed by atoms with E-state index in [1.807, 2.05) is 45.2 Å². The van der Waals surface area contributed by atoms with Gasteiger partial charge in [0.2, 0.25) is 0 Å². The van der Waals surface area contributed by atoms with Crippen LogP contribution in [0.5, 0.6) is 0 Å². The van der Waals surface area contributed by atoms with E-state index in [1.165, 1.54) is 11.3 Å². The lowest BCUT2D eigenvalue weighted by molar-refractivity contribution is 0.603. The standard InChI is InChI=1S/C15H20N2O2S2/c1-11-8-12(2)10-13(9-11)17-21(18,19)15-5-4-14(20-15)6-7-16-3/h4-5,8-10,16-17H,6-7H2,1-3H3. The third kappa shape index (κ3) is 4.30. The van der Waals surface area contributed by atoms with Crippen molar-refractivity contribution in [1.82, 2.24) is 5.32 Å². The number of rotatable bonds is 6. The number of hydrogen-bond acceptors (Lipinski definition) is 4. The van der Waals surface area contributed by atoms with E-state index in [2.05, 4.69) is 10.0 Å². The first-order valence-corrected chi connectivity index (χ1v) is 9.05. The number of benzene rings is 1. The molecular formula is C15H20N2O2S2. The lowest BCUT2D eigenvalue weighted by Crippen LogP contribution is -2.11. The summed E-state index contributed by atoms with van der Waals surface area (Å²) in [6.07, 6.45) is 0.834. The summed E-state index contributed by atoms with van der Waals surface area (Å²) in [6.45, 7) is 4.74. The van der Waals surface area contributed by atoms with Crippen molar-refractivity contribution in [3.05, 3.63) is 46.3 Å². The second kappa shape index (κ2) is 6.60. The van der Waals surface area contributed by atoms with Crippen LogP contribution in [0.4, 0.5) is 5.69 Å². The smallest absolute Gasteiger partial charge is 0.271 e. The molecular weight excluding hydrogens is 304 g/mol. The van der Waals surface area contributed by atoms with E-state index in [-0.39, 0.29) is 0 Å². The van der Waals surface area contributed by atoms with Crippen LogP contribution in [0, 0.1) is 13.8 Å². The summed E-state index contributed by atoms with van der Waals surface area (Å²) in [7, 11) is -1.62. The molecule has 0 aliphatic rings. The summed E-state index contributed by atoms with van der Waals surface area (Å²) in [5, 5.41) is 3.06. The largest absolute Gasteiger partial charge is 0.319 e. The highest BCUT2D eigenvalue weighted by Crippen LogP contribution is 2.25. The molecule has 0 unspecified atom stereocenters. The molecule has 0 fully saturated rings. The molecule has 0 amide bonds. The predicted molar refractivity (Wildman–Crippen MR) is 88.7 cm³/mol. The Labute approximate surface area is 130 Å². The summed E-state index contributed by atoms with van der Waals surface area (Å²) < 4.78 is 27.8. The average molecular weight is 324 g/mol. The van der Waals surface area contributed by atoms with Gasteiger partial charge in [-0.05, 0) is 69.3 Å². The fraction of sp³-hybridized carbons (Fsp3) is 0.333. The van der Waals surface area contributed by atoms with Crippen LogP contribution in [-0.2, 0) is 16.4 Å². The number of aryl methyl sites for hydroxylation is 2. The van der Waals surface area contributed by atoms with Crippen LogP contribution in [0.3, 0.4) is 0 Å². The number of hydrogen-bond donors (Lipinski definition) is 2. The van der Waals surface area contributed by atoms with E-state index in [9.17, 15) is 8.42 Å². The van der Waals surface area contributed by atoms with Crippen LogP contribution < -0.4 is 10.0 Å². The Morgan fingerprint density at radius 1 is 1.10 bits per heavy atom. The van der Waals surface area contributed by atoms with Gasteiger partial charge in [-0.15, -0.1) is 11.3 Å². The zero-order valence-corrected chi connectivity index (χ0v) is 14.1. The maximum atomic E-state index is 12.4. The highest BCUT2D eigenvalue weighted by Gasteiger charge is 2.17. The van der Waals surface area contributed by atoms with E-state index in [1.54, 1.807) is 6.07 Å². The van der Waals surface area contributed by atoms with Gasteiger partial charge in [0.25, 0.3) is 10.0 Å². The van der Waals surface area contributed by atoms with Gasteiger partial charge in [0.15, 0.2) is 0 Å². The van der Waals surface area contributed by atoms with E-state index in [0.29, 0.717) is 9.90 Å². The number of likely N-dealkylation sites (N-methyl/N-ethyl adjacent to an activating group) is 1. The molecule has 0 aliphatic heterocycles. The average Bonchev–Trinajstić information content (AvgIpc) is 2.84. The molecule has 1 aromatic carbocycles. The monoisotopic (exact) mass is 324 g/mol. The second-order valence-corrected chi connectivity index (χ2v) is 8.13. The first kappa shape index (κ1) is 16.0.